The number of amides is 1. The molecule has 1 aliphatic rings. The molecule has 4 heteroatoms. The molecule has 0 saturated carbocycles. The smallest absolute Gasteiger partial charge is 0.237 e. The van der Waals surface area contributed by atoms with Crippen LogP contribution in [0.2, 0.25) is 0 Å². The summed E-state index contributed by atoms with van der Waals surface area (Å²) >= 11 is 0. The van der Waals surface area contributed by atoms with Crippen molar-refractivity contribution >= 4 is 5.91 Å². The summed E-state index contributed by atoms with van der Waals surface area (Å²) in [7, 11) is 0. The first kappa shape index (κ1) is 12.5. The molecule has 0 aromatic heterocycles. The van der Waals surface area contributed by atoms with Crippen molar-refractivity contribution in [2.45, 2.75) is 45.8 Å². The Labute approximate surface area is 91.4 Å². The zero-order valence-electron chi connectivity index (χ0n) is 9.84. The highest BCUT2D eigenvalue weighted by Gasteiger charge is 2.27. The van der Waals surface area contributed by atoms with Crippen molar-refractivity contribution < 1.29 is 9.90 Å². The van der Waals surface area contributed by atoms with Crippen molar-refractivity contribution in [2.75, 3.05) is 13.1 Å². The molecule has 0 spiro atoms. The fraction of sp³-hybridized carbons (Fsp3) is 0.909. The minimum Gasteiger partial charge on any atom is -0.392 e. The normalized spacial score (nSPS) is 26.7. The average molecular weight is 214 g/mol. The van der Waals surface area contributed by atoms with Crippen molar-refractivity contribution in [3.63, 3.8) is 0 Å². The second-order valence-electron chi connectivity index (χ2n) is 5.45. The Morgan fingerprint density at radius 1 is 1.53 bits per heavy atom. The molecule has 0 aliphatic carbocycles. The van der Waals surface area contributed by atoms with Crippen LogP contribution in [-0.2, 0) is 4.79 Å². The summed E-state index contributed by atoms with van der Waals surface area (Å²) in [5.41, 5.74) is 0.246. The van der Waals surface area contributed by atoms with Crippen LogP contribution in [0.25, 0.3) is 0 Å². The first-order valence-electron chi connectivity index (χ1n) is 5.58. The van der Waals surface area contributed by atoms with Gasteiger partial charge in [-0.2, -0.15) is 0 Å². The monoisotopic (exact) mass is 214 g/mol. The van der Waals surface area contributed by atoms with Crippen molar-refractivity contribution in [3.05, 3.63) is 0 Å². The first-order chi connectivity index (χ1) is 6.88. The molecular weight excluding hydrogens is 192 g/mol. The number of carbonyl (C=O) groups is 1. The van der Waals surface area contributed by atoms with Crippen LogP contribution < -0.4 is 10.6 Å². The molecule has 1 rings (SSSR count). The molecule has 1 heterocycles. The largest absolute Gasteiger partial charge is 0.392 e. The van der Waals surface area contributed by atoms with Crippen LogP contribution in [0.3, 0.4) is 0 Å². The van der Waals surface area contributed by atoms with Crippen LogP contribution in [0.4, 0.5) is 0 Å². The first-order valence-corrected chi connectivity index (χ1v) is 5.58. The van der Waals surface area contributed by atoms with Gasteiger partial charge in [0.2, 0.25) is 5.91 Å². The number of carbonyl (C=O) groups excluding carboxylic acids is 1. The Bertz CT molecular complexity index is 223. The van der Waals surface area contributed by atoms with E-state index in [1.807, 2.05) is 0 Å². The number of β-amino-alcohol motifs (C(OH)–C–C–N with tert-alkyl or cyclic N) is 1. The lowest BCUT2D eigenvalue weighted by Crippen LogP contribution is -2.41. The highest BCUT2D eigenvalue weighted by atomic mass is 16.3. The summed E-state index contributed by atoms with van der Waals surface area (Å²) in [6.45, 7) is 7.68. The molecule has 0 aromatic carbocycles. The van der Waals surface area contributed by atoms with Gasteiger partial charge in [0.1, 0.15) is 0 Å². The van der Waals surface area contributed by atoms with Gasteiger partial charge in [0.05, 0.1) is 12.1 Å². The number of rotatable bonds is 3. The molecule has 0 aromatic rings. The van der Waals surface area contributed by atoms with E-state index in [4.69, 9.17) is 0 Å². The second kappa shape index (κ2) is 4.94. The minimum absolute atomic E-state index is 0.0100. The predicted octanol–water partition coefficient (Wildman–Crippen LogP) is 0.262. The molecule has 1 fully saturated rings. The predicted molar refractivity (Wildman–Crippen MR) is 59.5 cm³/mol. The van der Waals surface area contributed by atoms with E-state index in [2.05, 4.69) is 31.4 Å². The van der Waals surface area contributed by atoms with E-state index in [1.54, 1.807) is 0 Å². The molecule has 1 aliphatic heterocycles. The molecule has 2 atom stereocenters. The van der Waals surface area contributed by atoms with Crippen LogP contribution >= 0.6 is 0 Å². The number of nitrogens with one attached hydrogen (secondary N) is 2. The summed E-state index contributed by atoms with van der Waals surface area (Å²) < 4.78 is 0. The van der Waals surface area contributed by atoms with E-state index in [0.29, 0.717) is 19.5 Å². The maximum Gasteiger partial charge on any atom is 0.237 e. The van der Waals surface area contributed by atoms with Gasteiger partial charge in [-0.3, -0.25) is 4.79 Å². The molecule has 88 valence electrons. The lowest BCUT2D eigenvalue weighted by Gasteiger charge is -2.19. The highest BCUT2D eigenvalue weighted by molar-refractivity contribution is 5.82. The fourth-order valence-corrected chi connectivity index (χ4v) is 1.60. The lowest BCUT2D eigenvalue weighted by atomic mass is 9.92. The van der Waals surface area contributed by atoms with E-state index in [-0.39, 0.29) is 23.5 Å². The van der Waals surface area contributed by atoms with Crippen molar-refractivity contribution in [1.82, 2.24) is 10.6 Å². The molecule has 0 radical (unpaired) electrons. The molecular formula is C11H22N2O2. The zero-order chi connectivity index (χ0) is 11.5. The van der Waals surface area contributed by atoms with Gasteiger partial charge in [-0.05, 0) is 18.3 Å². The number of aliphatic hydroxyl groups is 1. The van der Waals surface area contributed by atoms with E-state index in [1.165, 1.54) is 0 Å². The Morgan fingerprint density at radius 2 is 2.20 bits per heavy atom. The fourth-order valence-electron chi connectivity index (χ4n) is 1.60. The van der Waals surface area contributed by atoms with Gasteiger partial charge >= 0.3 is 0 Å². The van der Waals surface area contributed by atoms with Gasteiger partial charge in [0.25, 0.3) is 0 Å². The number of aliphatic hydroxyl groups excluding tert-OH is 1. The van der Waals surface area contributed by atoms with E-state index in [0.717, 1.165) is 6.42 Å². The third-order valence-electron chi connectivity index (χ3n) is 2.60. The zero-order valence-corrected chi connectivity index (χ0v) is 9.84. The maximum atomic E-state index is 11.6. The van der Waals surface area contributed by atoms with Gasteiger partial charge in [-0.15, -0.1) is 0 Å². The van der Waals surface area contributed by atoms with E-state index < -0.39 is 0 Å². The van der Waals surface area contributed by atoms with Gasteiger partial charge < -0.3 is 15.7 Å². The third kappa shape index (κ3) is 4.62. The molecule has 0 unspecified atom stereocenters. The van der Waals surface area contributed by atoms with Gasteiger partial charge in [-0.1, -0.05) is 20.8 Å². The summed E-state index contributed by atoms with van der Waals surface area (Å²) in [5, 5.41) is 15.1. The molecule has 3 N–H and O–H groups in total. The molecule has 1 amide bonds. The molecule has 4 nitrogen and oxygen atoms in total. The number of hydrogen-bond donors (Lipinski definition) is 3. The summed E-state index contributed by atoms with van der Waals surface area (Å²) in [5.74, 6) is 0.0100. The quantitative estimate of drug-likeness (QED) is 0.631. The lowest BCUT2D eigenvalue weighted by molar-refractivity contribution is -0.123. The Morgan fingerprint density at radius 3 is 2.67 bits per heavy atom. The Hall–Kier alpha value is -0.610. The van der Waals surface area contributed by atoms with Crippen LogP contribution in [0.5, 0.6) is 0 Å². The summed E-state index contributed by atoms with van der Waals surface area (Å²) in [6.07, 6.45) is 1.12. The summed E-state index contributed by atoms with van der Waals surface area (Å²) in [4.78, 5) is 11.6. The van der Waals surface area contributed by atoms with Crippen LogP contribution in [-0.4, -0.2) is 36.2 Å². The van der Waals surface area contributed by atoms with Crippen molar-refractivity contribution in [2.24, 2.45) is 5.41 Å². The Balaban J connectivity index is 2.19. The minimum atomic E-state index is -0.372. The van der Waals surface area contributed by atoms with Crippen LogP contribution in [0.15, 0.2) is 0 Å². The topological polar surface area (TPSA) is 61.4 Å². The van der Waals surface area contributed by atoms with Gasteiger partial charge in [0, 0.05) is 13.1 Å². The van der Waals surface area contributed by atoms with Crippen molar-refractivity contribution in [3.8, 4) is 0 Å². The third-order valence-corrected chi connectivity index (χ3v) is 2.60. The van der Waals surface area contributed by atoms with E-state index in [9.17, 15) is 9.90 Å². The molecule has 15 heavy (non-hydrogen) atoms. The Kier molecular flexibility index (Phi) is 4.11. The average Bonchev–Trinajstić information content (AvgIpc) is 2.49. The van der Waals surface area contributed by atoms with Gasteiger partial charge in [-0.25, -0.2) is 0 Å². The van der Waals surface area contributed by atoms with E-state index >= 15 is 0 Å². The molecule has 0 bridgehead atoms. The maximum absolute atomic E-state index is 11.6. The SMILES string of the molecule is CC(C)(C)CCNC(=O)[C@H]1C[C@H](O)CN1. The number of hydrogen-bond acceptors (Lipinski definition) is 3. The standard InChI is InChI=1S/C11H22N2O2/c1-11(2,3)4-5-12-10(15)9-6-8(14)7-13-9/h8-9,13-14H,4-7H2,1-3H3,(H,12,15)/t8-,9+/m0/s1. The van der Waals surface area contributed by atoms with Gasteiger partial charge in [0.15, 0.2) is 0 Å². The van der Waals surface area contributed by atoms with Crippen molar-refractivity contribution in [1.29, 1.82) is 0 Å². The summed E-state index contributed by atoms with van der Waals surface area (Å²) in [6, 6.07) is -0.208. The van der Waals surface area contributed by atoms with Crippen LogP contribution in [0, 0.1) is 5.41 Å². The molecule has 1 saturated heterocycles. The second-order valence-corrected chi connectivity index (χ2v) is 5.45. The highest BCUT2D eigenvalue weighted by Crippen LogP contribution is 2.17. The van der Waals surface area contributed by atoms with Crippen LogP contribution in [0.1, 0.15) is 33.6 Å².